The van der Waals surface area contributed by atoms with Gasteiger partial charge in [-0.2, -0.15) is 0 Å². The van der Waals surface area contributed by atoms with Gasteiger partial charge in [0, 0.05) is 167 Å². The number of nitrogens with one attached hydrogen (secondary N) is 5. The Kier molecular flexibility index (Phi) is 39.3. The van der Waals surface area contributed by atoms with E-state index < -0.39 is 41.3 Å². The summed E-state index contributed by atoms with van der Waals surface area (Å²) >= 11 is 31.1. The molecule has 9 heterocycles. The number of hydrogen-bond acceptors (Lipinski definition) is 26. The van der Waals surface area contributed by atoms with Crippen LogP contribution in [0, 0.1) is 17.7 Å². The van der Waals surface area contributed by atoms with Gasteiger partial charge in [0.15, 0.2) is 11.6 Å². The molecule has 144 heavy (non-hydrogen) atoms. The van der Waals surface area contributed by atoms with Crippen molar-refractivity contribution in [2.24, 2.45) is 28.7 Å². The Labute approximate surface area is 845 Å². The van der Waals surface area contributed by atoms with Crippen LogP contribution in [0.5, 0.6) is 40.4 Å². The fraction of sp³-hybridized carbons (Fsp3) is 0.0882. The molecule has 0 aliphatic heterocycles. The van der Waals surface area contributed by atoms with Gasteiger partial charge in [0.05, 0.1) is 89.2 Å². The first kappa shape index (κ1) is 106. The van der Waals surface area contributed by atoms with E-state index in [4.69, 9.17) is 120 Å². The van der Waals surface area contributed by atoms with Crippen LogP contribution < -0.4 is 88.4 Å². The van der Waals surface area contributed by atoms with Gasteiger partial charge >= 0.3 is 0 Å². The van der Waals surface area contributed by atoms with Gasteiger partial charge < -0.3 is 88.4 Å². The maximum atomic E-state index is 13.8. The highest BCUT2D eigenvalue weighted by atomic mass is 35.5. The molecule has 730 valence electrons. The quantitative estimate of drug-likeness (QED) is 0.0171. The van der Waals surface area contributed by atoms with Crippen LogP contribution >= 0.6 is 58.0 Å². The number of rotatable bonds is 33. The monoisotopic (exact) mass is 2040 g/mol. The molecule has 0 radical (unpaired) electrons. The summed E-state index contributed by atoms with van der Waals surface area (Å²) in [5, 5.41) is 16.2. The Morgan fingerprint density at radius 3 is 0.896 bits per heavy atom. The number of pyridine rings is 9. The Morgan fingerprint density at radius 2 is 0.618 bits per heavy atom. The number of ether oxygens (including phenoxy) is 7. The third kappa shape index (κ3) is 32.8. The van der Waals surface area contributed by atoms with Crippen molar-refractivity contribution in [2.45, 2.75) is 46.9 Å². The molecule has 15 N–H and O–H groups in total. The van der Waals surface area contributed by atoms with E-state index in [1.807, 2.05) is 6.92 Å². The van der Waals surface area contributed by atoms with Gasteiger partial charge in [-0.25, -0.2) is 14.4 Å². The molecular weight excluding hydrogens is 1960 g/mol. The van der Waals surface area contributed by atoms with Crippen molar-refractivity contribution in [3.05, 3.63) is 407 Å². The van der Waals surface area contributed by atoms with Crippen LogP contribution in [0.15, 0.2) is 287 Å². The first-order chi connectivity index (χ1) is 69.3. The van der Waals surface area contributed by atoms with E-state index in [1.54, 1.807) is 165 Å². The van der Waals surface area contributed by atoms with Crippen molar-refractivity contribution >= 4 is 146 Å². The van der Waals surface area contributed by atoms with E-state index >= 15 is 0 Å². The van der Waals surface area contributed by atoms with E-state index in [9.17, 15) is 52.3 Å². The predicted octanol–water partition coefficient (Wildman–Crippen LogP) is 16.8. The fourth-order valence-electron chi connectivity index (χ4n) is 12.1. The van der Waals surface area contributed by atoms with Crippen molar-refractivity contribution in [1.82, 2.24) is 44.9 Å². The zero-order valence-corrected chi connectivity index (χ0v) is 79.8. The number of nitrogens with two attached hydrogens (primary N) is 5. The van der Waals surface area contributed by atoms with Crippen molar-refractivity contribution in [1.29, 1.82) is 0 Å². The molecule has 36 nitrogen and oxygen atoms in total. The number of benzene rings is 6. The summed E-state index contributed by atoms with van der Waals surface area (Å²) < 4.78 is 52.1. The molecule has 0 bridgehead atoms. The van der Waals surface area contributed by atoms with Crippen LogP contribution in [0.2, 0.25) is 25.1 Å². The minimum Gasteiger partial charge on any atom is -0.494 e. The number of anilines is 5. The molecule has 0 saturated carbocycles. The van der Waals surface area contributed by atoms with Gasteiger partial charge in [0.2, 0.25) is 35.4 Å². The molecule has 42 heteroatoms. The maximum Gasteiger partial charge on any atom is 0.257 e. The second kappa shape index (κ2) is 53.2. The maximum absolute atomic E-state index is 13.8. The number of aromatic nitrogens is 9. The van der Waals surface area contributed by atoms with Gasteiger partial charge in [-0.05, 0) is 202 Å². The lowest BCUT2D eigenvalue weighted by molar-refractivity contribution is 0.0991. The van der Waals surface area contributed by atoms with Crippen molar-refractivity contribution < 1.29 is 85.5 Å². The molecule has 0 fully saturated rings. The summed E-state index contributed by atoms with van der Waals surface area (Å²) in [6, 6.07) is 49.6. The Balaban J connectivity index is 0.000000172. The summed E-state index contributed by atoms with van der Waals surface area (Å²) in [4.78, 5) is 153. The van der Waals surface area contributed by atoms with Crippen molar-refractivity contribution in [3.63, 3.8) is 0 Å². The molecule has 0 aliphatic carbocycles. The summed E-state index contributed by atoms with van der Waals surface area (Å²) in [6.07, 6.45) is 23.1. The number of carbonyl (C=O) groups excluding carboxylic acids is 10. The SMILES string of the molecule is CC#Cc1ccc(C(=O)Nc2ccc(Cl)c(COc3cncc(C(N)=O)c3)c2)cn1.CCOc1ccc(C(=O)Nc2ccc(Cl)c(COc3cncc(C(N)=O)c3)c2)cn1.COc1ccc(C(=O)Nc2ccc(Cl)c(COc3cncc(C(N)=O)c3)c2)cc1F.NC(=O)c1cncc(OCc2cc(NC(=O)c3cccnc3)ccc2Cl)c1.NC(=O)c1cncc(OCc2cc(NC(=O)c3ccncc3)ccc2Cl)c1. The van der Waals surface area contributed by atoms with Crippen molar-refractivity contribution in [3.8, 4) is 52.2 Å². The predicted molar refractivity (Wildman–Crippen MR) is 536 cm³/mol. The van der Waals surface area contributed by atoms with Crippen LogP contribution in [0.4, 0.5) is 32.8 Å². The smallest absolute Gasteiger partial charge is 0.257 e. The second-order valence-electron chi connectivity index (χ2n) is 29.6. The lowest BCUT2D eigenvalue weighted by Crippen LogP contribution is -2.13. The lowest BCUT2D eigenvalue weighted by Gasteiger charge is -2.11. The van der Waals surface area contributed by atoms with Gasteiger partial charge in [0.25, 0.3) is 29.5 Å². The lowest BCUT2D eigenvalue weighted by atomic mass is 10.1. The van der Waals surface area contributed by atoms with E-state index in [0.29, 0.717) is 151 Å². The summed E-state index contributed by atoms with van der Waals surface area (Å²) in [6.45, 7) is 4.60. The molecule has 0 unspecified atom stereocenters. The zero-order chi connectivity index (χ0) is 103. The third-order valence-corrected chi connectivity index (χ3v) is 21.2. The van der Waals surface area contributed by atoms with Crippen LogP contribution in [0.25, 0.3) is 0 Å². The van der Waals surface area contributed by atoms with Crippen LogP contribution in [-0.4, -0.2) is 118 Å². The Hall–Kier alpha value is -18.1. The number of methoxy groups -OCH3 is 1. The van der Waals surface area contributed by atoms with E-state index in [-0.39, 0.29) is 95.8 Å². The average Bonchev–Trinajstić information content (AvgIpc) is 0.849. The number of halogens is 6. The Morgan fingerprint density at radius 1 is 0.312 bits per heavy atom. The number of amides is 10. The average molecular weight is 2040 g/mol. The van der Waals surface area contributed by atoms with E-state index in [0.717, 1.165) is 6.07 Å². The molecular formula is C102H83Cl5FN19O17. The largest absolute Gasteiger partial charge is 0.494 e. The third-order valence-electron chi connectivity index (χ3n) is 19.3. The summed E-state index contributed by atoms with van der Waals surface area (Å²) in [5.74, 6) is 2.62. The molecule has 10 amide bonds. The minimum atomic E-state index is -0.637. The second-order valence-corrected chi connectivity index (χ2v) is 31.6. The molecule has 0 aliphatic rings. The van der Waals surface area contributed by atoms with Crippen LogP contribution in [0.3, 0.4) is 0 Å². The number of primary amides is 5. The first-order valence-corrected chi connectivity index (χ1v) is 44.2. The van der Waals surface area contributed by atoms with Gasteiger partial charge in [0.1, 0.15) is 67.5 Å². The Bertz CT molecular complexity index is 7090. The fourth-order valence-corrected chi connectivity index (χ4v) is 12.9. The normalized spacial score (nSPS) is 10.2. The minimum absolute atomic E-state index is 0.0485. The molecule has 15 rings (SSSR count). The summed E-state index contributed by atoms with van der Waals surface area (Å²) in [7, 11) is 1.34. The topological polar surface area (TPSA) is 542 Å². The van der Waals surface area contributed by atoms with E-state index in [2.05, 4.69) is 83.3 Å². The molecule has 9 aromatic heterocycles. The zero-order valence-electron chi connectivity index (χ0n) is 76.0. The highest BCUT2D eigenvalue weighted by molar-refractivity contribution is 6.33. The molecule has 6 aromatic carbocycles. The molecule has 0 atom stereocenters. The first-order valence-electron chi connectivity index (χ1n) is 42.3. The van der Waals surface area contributed by atoms with Gasteiger partial charge in [-0.15, -0.1) is 0 Å². The molecule has 0 saturated heterocycles. The molecule has 15 aromatic rings. The van der Waals surface area contributed by atoms with Crippen LogP contribution in [0.1, 0.15) is 151 Å². The van der Waals surface area contributed by atoms with Gasteiger partial charge in [-0.3, -0.25) is 82.8 Å². The van der Waals surface area contributed by atoms with Gasteiger partial charge in [-0.1, -0.05) is 63.9 Å². The number of hydrogen-bond donors (Lipinski definition) is 10. The number of carbonyl (C=O) groups is 10. The number of nitrogens with zero attached hydrogens (tertiary/aromatic N) is 9. The highest BCUT2D eigenvalue weighted by Crippen LogP contribution is 2.31. The summed E-state index contributed by atoms with van der Waals surface area (Å²) in [5.41, 5.74) is 35.7. The molecule has 0 spiro atoms. The van der Waals surface area contributed by atoms with E-state index in [1.165, 1.54) is 130 Å². The van der Waals surface area contributed by atoms with Crippen LogP contribution in [-0.2, 0) is 33.0 Å². The van der Waals surface area contributed by atoms with Crippen molar-refractivity contribution in [2.75, 3.05) is 40.3 Å². The standard InChI is InChI=1S/C22H17ClN4O3.C21H17ClFN3O4.C21H19ClN4O4.2C19H15ClN4O3/c1-2-3-17-5-4-14(11-26-17)22(29)27-18-6-7-20(23)16(8-18)13-30-19-9-15(21(24)28)10-25-12-19;1-29-19-5-2-12(8-18(19)23)21(28)26-15-3-4-17(22)14(6-15)11-30-16-7-13(20(24)27)9-25-10-16;1-2-29-19-6-3-13(10-25-19)21(28)26-16-4-5-18(22)15(7-16)12-30-17-8-14(20(23)27)9-24-11-17;20-17-2-1-15(24-19(26)12-3-5-22-6-4-12)7-14(17)11-27-16-8-13(18(21)25)9-23-10-16;20-17-4-3-15(24-19(26)12-2-1-5-22-8-12)6-14(17)11-27-16-7-13(18(21)25)9-23-10-16/h4-12H,13H2,1H3,(H2,24,28)(H,27,29);2-10H,11H2,1H3,(H2,24,27)(H,26,28);3-11H,2,12H2,1H3,(H2,23,27)(H,26,28);2*1-10H,11H2,(H2,21,25)(H,24,26). The highest BCUT2D eigenvalue weighted by Gasteiger charge is 2.20.